The number of nitrogens with zero attached hydrogens (tertiary/aromatic N) is 3. The molecule has 1 heterocycles. The van der Waals surface area contributed by atoms with Gasteiger partial charge in [0.25, 0.3) is 5.91 Å². The number of ether oxygens (including phenoxy) is 2. The van der Waals surface area contributed by atoms with Gasteiger partial charge in [-0.25, -0.2) is 4.39 Å². The fraction of sp³-hybridized carbons (Fsp3) is 0.407. The molecular weight excluding hydrogens is 519 g/mol. The summed E-state index contributed by atoms with van der Waals surface area (Å²) in [6, 6.07) is 13.6. The molecule has 40 heavy (non-hydrogen) atoms. The van der Waals surface area contributed by atoms with E-state index >= 15 is 0 Å². The van der Waals surface area contributed by atoms with Crippen LogP contribution < -0.4 is 27.0 Å². The van der Waals surface area contributed by atoms with Gasteiger partial charge < -0.3 is 41.6 Å². The van der Waals surface area contributed by atoms with E-state index in [4.69, 9.17) is 20.3 Å². The molecule has 216 valence electrons. The van der Waals surface area contributed by atoms with Crippen molar-refractivity contribution in [2.24, 2.45) is 5.73 Å². The average Bonchev–Trinajstić information content (AvgIpc) is 2.97. The molecule has 0 aliphatic carbocycles. The van der Waals surface area contributed by atoms with Gasteiger partial charge in [0.15, 0.2) is 0 Å². The van der Waals surface area contributed by atoms with Crippen LogP contribution in [0.25, 0.3) is 0 Å². The Balaban J connectivity index is 1.51. The fourth-order valence-electron chi connectivity index (χ4n) is 3.41. The number of aromatic nitrogens is 3. The number of rotatable bonds is 19. The standard InChI is InChI=1S/C27H37FN8O4/c28-23-5-2-1-4-22(23)19-33-27-35-25(31-11-3-13-37)34-26(36-27)32-18-20-6-8-21(9-7-20)24(38)30-12-15-40-17-16-39-14-10-29/h1-2,4-9,37H,3,10-19,29H2,(H,30,38)(H3,31,32,33,34,35,36). The van der Waals surface area contributed by atoms with Crippen molar-refractivity contribution in [3.8, 4) is 0 Å². The zero-order chi connectivity index (χ0) is 28.4. The summed E-state index contributed by atoms with van der Waals surface area (Å²) >= 11 is 0. The molecule has 0 aliphatic rings. The lowest BCUT2D eigenvalue weighted by atomic mass is 10.1. The highest BCUT2D eigenvalue weighted by Crippen LogP contribution is 2.14. The first kappa shape index (κ1) is 30.6. The van der Waals surface area contributed by atoms with E-state index in [1.165, 1.54) is 6.07 Å². The van der Waals surface area contributed by atoms with E-state index in [-0.39, 0.29) is 30.8 Å². The van der Waals surface area contributed by atoms with E-state index < -0.39 is 0 Å². The van der Waals surface area contributed by atoms with Gasteiger partial charge in [-0.05, 0) is 30.2 Å². The summed E-state index contributed by atoms with van der Waals surface area (Å²) in [7, 11) is 0. The number of aliphatic hydroxyl groups excluding tert-OH is 1. The zero-order valence-corrected chi connectivity index (χ0v) is 22.4. The van der Waals surface area contributed by atoms with Crippen molar-refractivity contribution in [2.75, 3.05) is 68.6 Å². The summed E-state index contributed by atoms with van der Waals surface area (Å²) in [5, 5.41) is 21.1. The van der Waals surface area contributed by atoms with Crippen LogP contribution in [0.2, 0.25) is 0 Å². The van der Waals surface area contributed by atoms with Gasteiger partial charge >= 0.3 is 0 Å². The number of nitrogens with two attached hydrogens (primary N) is 1. The number of hydrogen-bond acceptors (Lipinski definition) is 11. The van der Waals surface area contributed by atoms with Crippen LogP contribution in [-0.4, -0.2) is 78.6 Å². The number of carbonyl (C=O) groups excluding carboxylic acids is 1. The lowest BCUT2D eigenvalue weighted by molar-refractivity contribution is 0.0511. The predicted molar refractivity (Wildman–Crippen MR) is 151 cm³/mol. The van der Waals surface area contributed by atoms with Crippen LogP contribution in [-0.2, 0) is 22.6 Å². The maximum absolute atomic E-state index is 14.0. The summed E-state index contributed by atoms with van der Waals surface area (Å²) in [5.74, 6) is 0.391. The van der Waals surface area contributed by atoms with E-state index in [0.717, 1.165) is 5.56 Å². The fourth-order valence-corrected chi connectivity index (χ4v) is 3.41. The molecule has 0 aliphatic heterocycles. The molecule has 1 amide bonds. The molecule has 13 heteroatoms. The van der Waals surface area contributed by atoms with Crippen LogP contribution in [0, 0.1) is 5.82 Å². The molecule has 0 bridgehead atoms. The van der Waals surface area contributed by atoms with E-state index in [2.05, 4.69) is 36.2 Å². The minimum Gasteiger partial charge on any atom is -0.396 e. The maximum atomic E-state index is 14.0. The first-order valence-corrected chi connectivity index (χ1v) is 13.1. The van der Waals surface area contributed by atoms with E-state index in [1.807, 2.05) is 12.1 Å². The Bertz CT molecular complexity index is 1170. The van der Waals surface area contributed by atoms with E-state index in [1.54, 1.807) is 30.3 Å². The Morgan fingerprint density at radius 3 is 2.15 bits per heavy atom. The molecule has 0 fully saturated rings. The van der Waals surface area contributed by atoms with Gasteiger partial charge in [-0.2, -0.15) is 15.0 Å². The van der Waals surface area contributed by atoms with Crippen molar-refractivity contribution in [1.29, 1.82) is 0 Å². The molecule has 0 unspecified atom stereocenters. The first-order chi connectivity index (χ1) is 19.6. The van der Waals surface area contributed by atoms with Gasteiger partial charge in [0.05, 0.1) is 26.4 Å². The molecule has 0 spiro atoms. The number of carbonyl (C=O) groups is 1. The molecule has 0 radical (unpaired) electrons. The average molecular weight is 557 g/mol. The molecule has 0 saturated carbocycles. The topological polar surface area (TPSA) is 169 Å². The van der Waals surface area contributed by atoms with Crippen molar-refractivity contribution in [3.05, 3.63) is 71.0 Å². The van der Waals surface area contributed by atoms with Crippen LogP contribution in [0.4, 0.5) is 22.2 Å². The van der Waals surface area contributed by atoms with Gasteiger partial charge in [-0.1, -0.05) is 30.3 Å². The number of aliphatic hydroxyl groups is 1. The number of amides is 1. The minimum absolute atomic E-state index is 0.0361. The van der Waals surface area contributed by atoms with Crippen LogP contribution in [0.15, 0.2) is 48.5 Å². The highest BCUT2D eigenvalue weighted by atomic mass is 19.1. The number of nitrogens with one attached hydrogen (secondary N) is 4. The third-order valence-electron chi connectivity index (χ3n) is 5.48. The second kappa shape index (κ2) is 17.6. The van der Waals surface area contributed by atoms with Crippen LogP contribution in [0.5, 0.6) is 0 Å². The van der Waals surface area contributed by atoms with E-state index in [9.17, 15) is 9.18 Å². The molecule has 12 nitrogen and oxygen atoms in total. The molecule has 0 saturated heterocycles. The molecule has 3 rings (SSSR count). The molecule has 0 atom stereocenters. The summed E-state index contributed by atoms with van der Waals surface area (Å²) in [4.78, 5) is 25.5. The summed E-state index contributed by atoms with van der Waals surface area (Å²) in [6.07, 6.45) is 0.531. The maximum Gasteiger partial charge on any atom is 0.251 e. The monoisotopic (exact) mass is 556 g/mol. The van der Waals surface area contributed by atoms with Crippen LogP contribution in [0.1, 0.15) is 27.9 Å². The van der Waals surface area contributed by atoms with Gasteiger partial charge in [-0.3, -0.25) is 4.79 Å². The van der Waals surface area contributed by atoms with Gasteiger partial charge in [0.1, 0.15) is 5.82 Å². The predicted octanol–water partition coefficient (Wildman–Crippen LogP) is 1.75. The first-order valence-electron chi connectivity index (χ1n) is 13.1. The smallest absolute Gasteiger partial charge is 0.251 e. The Kier molecular flexibility index (Phi) is 13.5. The van der Waals surface area contributed by atoms with Gasteiger partial charge in [0, 0.05) is 50.5 Å². The number of benzene rings is 2. The summed E-state index contributed by atoms with van der Waals surface area (Å²) in [5.41, 5.74) is 7.27. The largest absolute Gasteiger partial charge is 0.396 e. The number of hydrogen-bond donors (Lipinski definition) is 6. The van der Waals surface area contributed by atoms with Gasteiger partial charge in [-0.15, -0.1) is 0 Å². The van der Waals surface area contributed by atoms with Crippen molar-refractivity contribution in [3.63, 3.8) is 0 Å². The Labute approximate surface area is 232 Å². The Morgan fingerprint density at radius 1 is 0.825 bits per heavy atom. The van der Waals surface area contributed by atoms with Crippen LogP contribution >= 0.6 is 0 Å². The van der Waals surface area contributed by atoms with Crippen molar-refractivity contribution >= 4 is 23.8 Å². The number of anilines is 3. The molecule has 2 aromatic carbocycles. The third kappa shape index (κ3) is 11.1. The van der Waals surface area contributed by atoms with Crippen molar-refractivity contribution in [2.45, 2.75) is 19.5 Å². The highest BCUT2D eigenvalue weighted by Gasteiger charge is 2.09. The number of halogens is 1. The lowest BCUT2D eigenvalue weighted by Gasteiger charge is -2.12. The Morgan fingerprint density at radius 2 is 1.48 bits per heavy atom. The molecular formula is C27H37FN8O4. The van der Waals surface area contributed by atoms with Gasteiger partial charge in [0.2, 0.25) is 17.8 Å². The molecule has 1 aromatic heterocycles. The Hall–Kier alpha value is -3.91. The van der Waals surface area contributed by atoms with Crippen LogP contribution in [0.3, 0.4) is 0 Å². The summed E-state index contributed by atoms with van der Waals surface area (Å²) < 4.78 is 24.6. The van der Waals surface area contributed by atoms with Crippen molar-refractivity contribution in [1.82, 2.24) is 20.3 Å². The third-order valence-corrected chi connectivity index (χ3v) is 5.48. The summed E-state index contributed by atoms with van der Waals surface area (Å²) in [6.45, 7) is 3.78. The lowest BCUT2D eigenvalue weighted by Crippen LogP contribution is -2.27. The van der Waals surface area contributed by atoms with E-state index in [0.29, 0.717) is 82.1 Å². The van der Waals surface area contributed by atoms with Crippen molar-refractivity contribution < 1.29 is 23.8 Å². The normalized spacial score (nSPS) is 10.8. The highest BCUT2D eigenvalue weighted by molar-refractivity contribution is 5.94. The second-order valence-electron chi connectivity index (χ2n) is 8.57. The molecule has 7 N–H and O–H groups in total. The molecule has 3 aromatic rings. The minimum atomic E-state index is -0.321. The SMILES string of the molecule is NCCOCCOCCNC(=O)c1ccc(CNc2nc(NCCCO)nc(NCc3ccccc3F)n2)cc1. The quantitative estimate of drug-likeness (QED) is 0.119. The zero-order valence-electron chi connectivity index (χ0n) is 22.4. The second-order valence-corrected chi connectivity index (χ2v) is 8.57.